The second-order valence-corrected chi connectivity index (χ2v) is 3.89. The molecule has 1 rings (SSSR count). The number of aliphatic carboxylic acids is 2. The fraction of sp³-hybridized carbons (Fsp3) is 0.455. The molecule has 1 atom stereocenters. The molecular weight excluding hydrogens is 270 g/mol. The molecule has 0 saturated carbocycles. The lowest BCUT2D eigenvalue weighted by Crippen LogP contribution is -2.46. The molecular formula is C11H15N3O6. The van der Waals surface area contributed by atoms with Crippen LogP contribution in [0, 0.1) is 0 Å². The number of hydrogen-bond acceptors (Lipinski definition) is 5. The Morgan fingerprint density at radius 1 is 1.40 bits per heavy atom. The van der Waals surface area contributed by atoms with Crippen LogP contribution < -0.4 is 10.6 Å². The third kappa shape index (κ3) is 4.96. The zero-order chi connectivity index (χ0) is 15.1. The van der Waals surface area contributed by atoms with Gasteiger partial charge in [-0.3, -0.25) is 4.79 Å². The molecule has 0 saturated heterocycles. The van der Waals surface area contributed by atoms with Crippen LogP contribution >= 0.6 is 0 Å². The molecule has 0 aromatic carbocycles. The zero-order valence-corrected chi connectivity index (χ0v) is 10.8. The summed E-state index contributed by atoms with van der Waals surface area (Å²) < 4.78 is 5.24. The first-order valence-corrected chi connectivity index (χ1v) is 5.85. The van der Waals surface area contributed by atoms with Crippen molar-refractivity contribution in [2.45, 2.75) is 32.4 Å². The van der Waals surface area contributed by atoms with Gasteiger partial charge in [0, 0.05) is 6.42 Å². The number of carbonyl (C=O) groups excluding carboxylic acids is 1. The van der Waals surface area contributed by atoms with Crippen LogP contribution in [0.5, 0.6) is 0 Å². The molecule has 9 nitrogen and oxygen atoms in total. The van der Waals surface area contributed by atoms with E-state index in [9.17, 15) is 14.4 Å². The van der Waals surface area contributed by atoms with Crippen LogP contribution in [0.1, 0.15) is 25.0 Å². The number of carboxylic acids is 2. The zero-order valence-electron chi connectivity index (χ0n) is 10.8. The molecule has 1 heterocycles. The highest BCUT2D eigenvalue weighted by molar-refractivity contribution is 5.86. The van der Waals surface area contributed by atoms with Gasteiger partial charge in [-0.1, -0.05) is 6.92 Å². The first kappa shape index (κ1) is 15.5. The largest absolute Gasteiger partial charge is 0.481 e. The van der Waals surface area contributed by atoms with E-state index in [-0.39, 0.29) is 12.4 Å². The Balaban J connectivity index is 2.45. The highest BCUT2D eigenvalue weighted by atomic mass is 16.4. The normalized spacial score (nSPS) is 11.7. The van der Waals surface area contributed by atoms with Gasteiger partial charge in [0.2, 0.25) is 5.89 Å². The minimum atomic E-state index is -1.50. The van der Waals surface area contributed by atoms with Crippen molar-refractivity contribution in [3.05, 3.63) is 17.8 Å². The number of urea groups is 1. The van der Waals surface area contributed by atoms with Gasteiger partial charge in [0.1, 0.15) is 11.8 Å². The minimum Gasteiger partial charge on any atom is -0.481 e. The highest BCUT2D eigenvalue weighted by Crippen LogP contribution is 2.03. The first-order valence-electron chi connectivity index (χ1n) is 5.85. The molecule has 0 aliphatic rings. The number of oxazole rings is 1. The predicted molar refractivity (Wildman–Crippen MR) is 64.9 cm³/mol. The fourth-order valence-corrected chi connectivity index (χ4v) is 1.33. The Morgan fingerprint density at radius 2 is 2.10 bits per heavy atom. The monoisotopic (exact) mass is 285 g/mol. The summed E-state index contributed by atoms with van der Waals surface area (Å²) in [6, 6.07) is -2.31. The number of carboxylic acid groups (broad SMARTS) is 2. The van der Waals surface area contributed by atoms with Crippen LogP contribution in [0.15, 0.2) is 10.6 Å². The molecule has 1 aromatic rings. The van der Waals surface area contributed by atoms with Gasteiger partial charge in [-0.05, 0) is 0 Å². The Hall–Kier alpha value is -2.58. The lowest BCUT2D eigenvalue weighted by molar-refractivity contribution is -0.145. The number of rotatable bonds is 7. The van der Waals surface area contributed by atoms with E-state index >= 15 is 0 Å². The number of aryl methyl sites for hydroxylation is 1. The third-order valence-electron chi connectivity index (χ3n) is 2.33. The van der Waals surface area contributed by atoms with E-state index < -0.39 is 30.4 Å². The summed E-state index contributed by atoms with van der Waals surface area (Å²) in [7, 11) is 0. The maximum atomic E-state index is 11.4. The number of hydrogen-bond donors (Lipinski definition) is 4. The van der Waals surface area contributed by atoms with E-state index in [2.05, 4.69) is 10.3 Å². The van der Waals surface area contributed by atoms with Crippen molar-refractivity contribution < 1.29 is 29.0 Å². The summed E-state index contributed by atoms with van der Waals surface area (Å²) in [6.07, 6.45) is 1.49. The van der Waals surface area contributed by atoms with Crippen LogP contribution in [-0.4, -0.2) is 39.2 Å². The molecule has 0 spiro atoms. The van der Waals surface area contributed by atoms with Crippen LogP contribution in [0.2, 0.25) is 0 Å². The first-order chi connectivity index (χ1) is 9.42. The number of amides is 2. The lowest BCUT2D eigenvalue weighted by Gasteiger charge is -2.12. The maximum absolute atomic E-state index is 11.4. The van der Waals surface area contributed by atoms with Gasteiger partial charge in [0.05, 0.1) is 19.2 Å². The van der Waals surface area contributed by atoms with Crippen molar-refractivity contribution in [3.63, 3.8) is 0 Å². The van der Waals surface area contributed by atoms with Crippen molar-refractivity contribution in [2.24, 2.45) is 0 Å². The van der Waals surface area contributed by atoms with Crippen LogP contribution in [0.25, 0.3) is 0 Å². The molecule has 1 aromatic heterocycles. The summed E-state index contributed by atoms with van der Waals surface area (Å²) >= 11 is 0. The third-order valence-corrected chi connectivity index (χ3v) is 2.33. The van der Waals surface area contributed by atoms with Gasteiger partial charge in [0.15, 0.2) is 0 Å². The van der Waals surface area contributed by atoms with Crippen molar-refractivity contribution in [2.75, 3.05) is 0 Å². The number of carbonyl (C=O) groups is 3. The fourth-order valence-electron chi connectivity index (χ4n) is 1.33. The standard InChI is InChI=1S/C11H15N3O6/c1-2-6-4-12-8(20-6)5-13-11(19)14-7(10(17)18)3-9(15)16/h4,7H,2-3,5H2,1H3,(H,15,16)(H,17,18)(H2,13,14,19). The number of nitrogens with zero attached hydrogens (tertiary/aromatic N) is 1. The van der Waals surface area contributed by atoms with Crippen molar-refractivity contribution >= 4 is 18.0 Å². The molecule has 4 N–H and O–H groups in total. The second kappa shape index (κ2) is 7.12. The Labute approximate surface area is 114 Å². The molecule has 110 valence electrons. The maximum Gasteiger partial charge on any atom is 0.326 e. The van der Waals surface area contributed by atoms with Crippen molar-refractivity contribution in [3.8, 4) is 0 Å². The minimum absolute atomic E-state index is 0.0226. The molecule has 0 fully saturated rings. The summed E-state index contributed by atoms with van der Waals surface area (Å²) in [5, 5.41) is 21.6. The van der Waals surface area contributed by atoms with Crippen LogP contribution in [0.3, 0.4) is 0 Å². The van der Waals surface area contributed by atoms with E-state index in [1.807, 2.05) is 12.2 Å². The number of aromatic nitrogens is 1. The van der Waals surface area contributed by atoms with Gasteiger partial charge in [-0.25, -0.2) is 14.6 Å². The lowest BCUT2D eigenvalue weighted by atomic mass is 10.2. The Kier molecular flexibility index (Phi) is 5.51. The highest BCUT2D eigenvalue weighted by Gasteiger charge is 2.22. The topological polar surface area (TPSA) is 142 Å². The van der Waals surface area contributed by atoms with Gasteiger partial charge < -0.3 is 25.3 Å². The molecule has 2 amide bonds. The molecule has 1 unspecified atom stereocenters. The molecule has 0 bridgehead atoms. The molecule has 0 radical (unpaired) electrons. The Morgan fingerprint density at radius 3 is 2.60 bits per heavy atom. The van der Waals surface area contributed by atoms with Gasteiger partial charge in [-0.2, -0.15) is 0 Å². The summed E-state index contributed by atoms with van der Waals surface area (Å²) in [5.41, 5.74) is 0. The predicted octanol–water partition coefficient (Wildman–Crippen LogP) is -0.0359. The van der Waals surface area contributed by atoms with Crippen LogP contribution in [-0.2, 0) is 22.6 Å². The average Bonchev–Trinajstić information content (AvgIpc) is 2.83. The smallest absolute Gasteiger partial charge is 0.326 e. The number of nitrogens with one attached hydrogen (secondary N) is 2. The van der Waals surface area contributed by atoms with E-state index in [0.29, 0.717) is 12.2 Å². The second-order valence-electron chi connectivity index (χ2n) is 3.89. The molecule has 20 heavy (non-hydrogen) atoms. The average molecular weight is 285 g/mol. The van der Waals surface area contributed by atoms with Gasteiger partial charge in [0.25, 0.3) is 0 Å². The van der Waals surface area contributed by atoms with Gasteiger partial charge in [-0.15, -0.1) is 0 Å². The van der Waals surface area contributed by atoms with E-state index in [0.717, 1.165) is 0 Å². The van der Waals surface area contributed by atoms with Gasteiger partial charge >= 0.3 is 18.0 Å². The quantitative estimate of drug-likeness (QED) is 0.550. The van der Waals surface area contributed by atoms with E-state index in [4.69, 9.17) is 14.6 Å². The van der Waals surface area contributed by atoms with Crippen LogP contribution in [0.4, 0.5) is 4.79 Å². The molecule has 9 heteroatoms. The summed E-state index contributed by atoms with van der Waals surface area (Å²) in [6.45, 7) is 1.86. The van der Waals surface area contributed by atoms with Crippen molar-refractivity contribution in [1.29, 1.82) is 0 Å². The van der Waals surface area contributed by atoms with Crippen molar-refractivity contribution in [1.82, 2.24) is 15.6 Å². The molecule has 0 aliphatic carbocycles. The molecule has 0 aliphatic heterocycles. The SMILES string of the molecule is CCc1cnc(CNC(=O)NC(CC(=O)O)C(=O)O)o1. The summed E-state index contributed by atoms with van der Waals surface area (Å²) in [5.74, 6) is -1.80. The van der Waals surface area contributed by atoms with E-state index in [1.54, 1.807) is 0 Å². The van der Waals surface area contributed by atoms with E-state index in [1.165, 1.54) is 6.20 Å². The summed E-state index contributed by atoms with van der Waals surface area (Å²) in [4.78, 5) is 36.5. The Bertz CT molecular complexity index is 498.